The Hall–Kier alpha value is -1.83. The Morgan fingerprint density at radius 3 is 3.18 bits per heavy atom. The molecule has 0 bridgehead atoms. The van der Waals surface area contributed by atoms with Crippen LogP contribution in [0.3, 0.4) is 0 Å². The Labute approximate surface area is 131 Å². The van der Waals surface area contributed by atoms with Gasteiger partial charge in [0.2, 0.25) is 5.91 Å². The van der Waals surface area contributed by atoms with Crippen LogP contribution in [0.15, 0.2) is 29.6 Å². The lowest BCUT2D eigenvalue weighted by Gasteiger charge is -2.28. The van der Waals surface area contributed by atoms with Crippen LogP contribution in [-0.2, 0) is 9.53 Å². The van der Waals surface area contributed by atoms with Crippen LogP contribution >= 0.6 is 11.3 Å². The first-order valence-corrected chi connectivity index (χ1v) is 7.89. The van der Waals surface area contributed by atoms with Crippen molar-refractivity contribution in [1.82, 2.24) is 10.3 Å². The van der Waals surface area contributed by atoms with Crippen molar-refractivity contribution < 1.29 is 13.9 Å². The number of aromatic nitrogens is 1. The van der Waals surface area contributed by atoms with E-state index in [0.717, 1.165) is 0 Å². The van der Waals surface area contributed by atoms with Gasteiger partial charge >= 0.3 is 0 Å². The van der Waals surface area contributed by atoms with Crippen molar-refractivity contribution in [2.45, 2.75) is 19.1 Å². The molecule has 3 rings (SSSR count). The minimum atomic E-state index is -0.393. The molecule has 1 aliphatic rings. The van der Waals surface area contributed by atoms with Crippen molar-refractivity contribution in [1.29, 1.82) is 0 Å². The molecule has 7 heteroatoms. The molecular formula is C15H16FN3O2S. The van der Waals surface area contributed by atoms with E-state index in [1.165, 1.54) is 23.5 Å². The van der Waals surface area contributed by atoms with Gasteiger partial charge in [0.05, 0.1) is 18.4 Å². The summed E-state index contributed by atoms with van der Waals surface area (Å²) in [5.74, 6) is -0.485. The molecule has 2 atom stereocenters. The molecule has 5 nitrogen and oxygen atoms in total. The first kappa shape index (κ1) is 15.1. The number of hydrogen-bond donors (Lipinski definition) is 2. The number of halogens is 1. The van der Waals surface area contributed by atoms with Crippen molar-refractivity contribution in [3.05, 3.63) is 35.5 Å². The lowest BCUT2D eigenvalue weighted by Crippen LogP contribution is -2.53. The summed E-state index contributed by atoms with van der Waals surface area (Å²) < 4.78 is 18.7. The number of nitrogens with one attached hydrogen (secondary N) is 2. The monoisotopic (exact) mass is 321 g/mol. The van der Waals surface area contributed by atoms with Gasteiger partial charge in [0.25, 0.3) is 0 Å². The quantitative estimate of drug-likeness (QED) is 0.910. The minimum Gasteiger partial charge on any atom is -0.375 e. The molecule has 2 heterocycles. The molecule has 2 N–H and O–H groups in total. The summed E-state index contributed by atoms with van der Waals surface area (Å²) in [6, 6.07) is 5.82. The van der Waals surface area contributed by atoms with Gasteiger partial charge in [-0.1, -0.05) is 12.1 Å². The topological polar surface area (TPSA) is 63.2 Å². The van der Waals surface area contributed by atoms with Crippen LogP contribution in [-0.4, -0.2) is 36.2 Å². The number of thiazole rings is 1. The van der Waals surface area contributed by atoms with E-state index < -0.39 is 6.04 Å². The molecule has 0 spiro atoms. The van der Waals surface area contributed by atoms with Crippen molar-refractivity contribution >= 4 is 22.4 Å². The fourth-order valence-electron chi connectivity index (χ4n) is 2.32. The Bertz CT molecular complexity index is 676. The molecule has 0 saturated carbocycles. The van der Waals surface area contributed by atoms with Crippen LogP contribution in [0, 0.1) is 5.82 Å². The number of carbonyl (C=O) groups is 1. The molecule has 2 aromatic rings. The summed E-state index contributed by atoms with van der Waals surface area (Å²) in [5, 5.41) is 8.18. The lowest BCUT2D eigenvalue weighted by atomic mass is 10.1. The zero-order chi connectivity index (χ0) is 15.5. The van der Waals surface area contributed by atoms with Gasteiger partial charge in [-0.2, -0.15) is 0 Å². The Morgan fingerprint density at radius 2 is 2.41 bits per heavy atom. The third-order valence-electron chi connectivity index (χ3n) is 3.45. The highest BCUT2D eigenvalue weighted by Gasteiger charge is 2.28. The van der Waals surface area contributed by atoms with Gasteiger partial charge < -0.3 is 15.4 Å². The van der Waals surface area contributed by atoms with Gasteiger partial charge in [0.15, 0.2) is 5.13 Å². The third-order valence-corrected chi connectivity index (χ3v) is 4.21. The van der Waals surface area contributed by atoms with E-state index in [4.69, 9.17) is 4.74 Å². The van der Waals surface area contributed by atoms with Crippen LogP contribution in [0.2, 0.25) is 0 Å². The number of carbonyl (C=O) groups excluding carboxylic acids is 1. The first-order valence-electron chi connectivity index (χ1n) is 7.01. The molecule has 1 fully saturated rings. The van der Waals surface area contributed by atoms with Crippen LogP contribution in [0.1, 0.15) is 6.92 Å². The number of hydrogen-bond acceptors (Lipinski definition) is 5. The van der Waals surface area contributed by atoms with E-state index in [9.17, 15) is 9.18 Å². The van der Waals surface area contributed by atoms with Crippen molar-refractivity contribution in [3.8, 4) is 11.3 Å². The van der Waals surface area contributed by atoms with Gasteiger partial charge in [-0.15, -0.1) is 11.3 Å². The third kappa shape index (κ3) is 3.32. The number of morpholine rings is 1. The van der Waals surface area contributed by atoms with Crippen LogP contribution < -0.4 is 10.6 Å². The van der Waals surface area contributed by atoms with Crippen LogP contribution in [0.4, 0.5) is 9.52 Å². The highest BCUT2D eigenvalue weighted by atomic mass is 32.1. The molecule has 0 radical (unpaired) electrons. The predicted molar refractivity (Wildman–Crippen MR) is 83.3 cm³/mol. The molecule has 1 amide bonds. The molecule has 1 aromatic heterocycles. The lowest BCUT2D eigenvalue weighted by molar-refractivity contribution is -0.123. The highest BCUT2D eigenvalue weighted by Crippen LogP contribution is 2.25. The molecule has 1 saturated heterocycles. The molecule has 1 aromatic carbocycles. The normalized spacial score (nSPS) is 21.5. The molecule has 1 aliphatic heterocycles. The molecule has 0 aliphatic carbocycles. The van der Waals surface area contributed by atoms with E-state index in [2.05, 4.69) is 15.6 Å². The fourth-order valence-corrected chi connectivity index (χ4v) is 3.04. The van der Waals surface area contributed by atoms with Crippen LogP contribution in [0.5, 0.6) is 0 Å². The minimum absolute atomic E-state index is 0.174. The summed E-state index contributed by atoms with van der Waals surface area (Å²) in [6.07, 6.45) is -0.184. The number of ether oxygens (including phenoxy) is 1. The maximum Gasteiger partial charge on any atom is 0.245 e. The van der Waals surface area contributed by atoms with E-state index in [-0.39, 0.29) is 17.8 Å². The zero-order valence-electron chi connectivity index (χ0n) is 12.0. The number of nitrogens with zero attached hydrogens (tertiary/aromatic N) is 1. The summed E-state index contributed by atoms with van der Waals surface area (Å²) in [7, 11) is 0. The van der Waals surface area contributed by atoms with Gasteiger partial charge in [0, 0.05) is 17.5 Å². The average Bonchev–Trinajstić information content (AvgIpc) is 2.96. The number of benzene rings is 1. The second-order valence-corrected chi connectivity index (χ2v) is 5.90. The summed E-state index contributed by atoms with van der Waals surface area (Å²) in [5.41, 5.74) is 1.32. The van der Waals surface area contributed by atoms with E-state index in [1.54, 1.807) is 17.5 Å². The second kappa shape index (κ2) is 6.51. The van der Waals surface area contributed by atoms with E-state index in [0.29, 0.717) is 29.5 Å². The smallest absolute Gasteiger partial charge is 0.245 e. The zero-order valence-corrected chi connectivity index (χ0v) is 12.8. The van der Waals surface area contributed by atoms with Crippen molar-refractivity contribution in [2.24, 2.45) is 0 Å². The van der Waals surface area contributed by atoms with E-state index in [1.807, 2.05) is 6.92 Å². The summed E-state index contributed by atoms with van der Waals surface area (Å²) in [4.78, 5) is 16.6. The standard InChI is InChI=1S/C15H16FN3O2S/c1-9-13(17-5-6-21-9)14(20)19-15-18-12(8-22-15)10-3-2-4-11(16)7-10/h2-4,7-9,13,17H,5-6H2,1H3,(H,18,19,20)/t9-,13+/m1/s1. The van der Waals surface area contributed by atoms with Gasteiger partial charge in [-0.25, -0.2) is 9.37 Å². The highest BCUT2D eigenvalue weighted by molar-refractivity contribution is 7.14. The first-order chi connectivity index (χ1) is 10.6. The largest absolute Gasteiger partial charge is 0.375 e. The fraction of sp³-hybridized carbons (Fsp3) is 0.333. The molecular weight excluding hydrogens is 305 g/mol. The average molecular weight is 321 g/mol. The SMILES string of the molecule is C[C@H]1OCCN[C@@H]1C(=O)Nc1nc(-c2cccc(F)c2)cs1. The van der Waals surface area contributed by atoms with Crippen molar-refractivity contribution in [3.63, 3.8) is 0 Å². The summed E-state index contributed by atoms with van der Waals surface area (Å²) in [6.45, 7) is 3.11. The maximum atomic E-state index is 13.2. The molecule has 22 heavy (non-hydrogen) atoms. The number of rotatable bonds is 3. The molecule has 116 valence electrons. The maximum absolute atomic E-state index is 13.2. The van der Waals surface area contributed by atoms with Gasteiger partial charge in [0.1, 0.15) is 11.9 Å². The van der Waals surface area contributed by atoms with Gasteiger partial charge in [-0.05, 0) is 19.1 Å². The van der Waals surface area contributed by atoms with Crippen LogP contribution in [0.25, 0.3) is 11.3 Å². The van der Waals surface area contributed by atoms with Gasteiger partial charge in [-0.3, -0.25) is 4.79 Å². The Balaban J connectivity index is 1.70. The number of amides is 1. The molecule has 0 unspecified atom stereocenters. The summed E-state index contributed by atoms with van der Waals surface area (Å²) >= 11 is 1.31. The van der Waals surface area contributed by atoms with E-state index >= 15 is 0 Å². The Morgan fingerprint density at radius 1 is 1.55 bits per heavy atom. The Kier molecular flexibility index (Phi) is 4.47. The number of anilines is 1. The van der Waals surface area contributed by atoms with Crippen molar-refractivity contribution in [2.75, 3.05) is 18.5 Å². The second-order valence-electron chi connectivity index (χ2n) is 5.05. The predicted octanol–water partition coefficient (Wildman–Crippen LogP) is 2.26.